The molecule has 1 aliphatic carbocycles. The van der Waals surface area contributed by atoms with Gasteiger partial charge in [-0.3, -0.25) is 0 Å². The zero-order valence-electron chi connectivity index (χ0n) is 10.4. The second-order valence-electron chi connectivity index (χ2n) is 5.09. The minimum absolute atomic E-state index is 0.407. The second-order valence-corrected chi connectivity index (χ2v) is 6.62. The third-order valence-electron chi connectivity index (χ3n) is 3.80. The van der Waals surface area contributed by atoms with Crippen molar-refractivity contribution in [1.82, 2.24) is 5.32 Å². The Balaban J connectivity index is 1.63. The first kappa shape index (κ1) is 12.5. The molecule has 1 fully saturated rings. The monoisotopic (exact) mass is 279 g/mol. The molecule has 0 radical (unpaired) electrons. The number of hydrogen-bond donors (Lipinski definition) is 1. The van der Waals surface area contributed by atoms with E-state index >= 15 is 0 Å². The van der Waals surface area contributed by atoms with Crippen LogP contribution in [0.25, 0.3) is 10.1 Å². The fourth-order valence-corrected chi connectivity index (χ4v) is 3.90. The number of fused-ring (bicyclic) bond motifs is 1. The average molecular weight is 280 g/mol. The van der Waals surface area contributed by atoms with E-state index in [-0.39, 0.29) is 0 Å². The Labute approximate surface area is 117 Å². The number of rotatable bonds is 3. The SMILES string of the molecule is ClC1CCC(NCc2csc3ccccc23)CC1. The van der Waals surface area contributed by atoms with E-state index in [2.05, 4.69) is 35.0 Å². The Morgan fingerprint density at radius 1 is 1.17 bits per heavy atom. The van der Waals surface area contributed by atoms with Crippen LogP contribution in [0.2, 0.25) is 0 Å². The molecule has 1 aliphatic rings. The maximum absolute atomic E-state index is 6.13. The molecule has 3 rings (SSSR count). The molecule has 18 heavy (non-hydrogen) atoms. The Morgan fingerprint density at radius 3 is 2.78 bits per heavy atom. The highest BCUT2D eigenvalue weighted by atomic mass is 35.5. The fourth-order valence-electron chi connectivity index (χ4n) is 2.68. The molecule has 1 heterocycles. The van der Waals surface area contributed by atoms with Crippen molar-refractivity contribution < 1.29 is 0 Å². The highest BCUT2D eigenvalue weighted by Gasteiger charge is 2.19. The van der Waals surface area contributed by atoms with E-state index in [1.165, 1.54) is 28.5 Å². The summed E-state index contributed by atoms with van der Waals surface area (Å²) in [5, 5.41) is 7.78. The van der Waals surface area contributed by atoms with Gasteiger partial charge in [0.2, 0.25) is 0 Å². The molecule has 2 aromatic rings. The molecule has 0 amide bonds. The maximum atomic E-state index is 6.13. The summed E-state index contributed by atoms with van der Waals surface area (Å²) in [6, 6.07) is 9.30. The van der Waals surface area contributed by atoms with Gasteiger partial charge in [-0.1, -0.05) is 18.2 Å². The van der Waals surface area contributed by atoms with E-state index < -0.39 is 0 Å². The molecule has 1 N–H and O–H groups in total. The third-order valence-corrected chi connectivity index (χ3v) is 5.25. The van der Waals surface area contributed by atoms with Crippen LogP contribution < -0.4 is 5.32 Å². The summed E-state index contributed by atoms with van der Waals surface area (Å²) in [4.78, 5) is 0. The van der Waals surface area contributed by atoms with Crippen LogP contribution in [0.5, 0.6) is 0 Å². The minimum atomic E-state index is 0.407. The summed E-state index contributed by atoms with van der Waals surface area (Å²) < 4.78 is 1.39. The number of alkyl halides is 1. The Hall–Kier alpha value is -0.570. The van der Waals surface area contributed by atoms with Crippen LogP contribution in [0, 0.1) is 0 Å². The van der Waals surface area contributed by atoms with E-state index in [4.69, 9.17) is 11.6 Å². The Kier molecular flexibility index (Phi) is 3.88. The van der Waals surface area contributed by atoms with E-state index in [1.807, 2.05) is 11.3 Å². The first-order valence-electron chi connectivity index (χ1n) is 6.65. The maximum Gasteiger partial charge on any atom is 0.0346 e. The van der Waals surface area contributed by atoms with Crippen molar-refractivity contribution in [3.63, 3.8) is 0 Å². The first-order valence-corrected chi connectivity index (χ1v) is 7.97. The van der Waals surface area contributed by atoms with E-state index in [1.54, 1.807) is 0 Å². The normalized spacial score (nSPS) is 24.5. The van der Waals surface area contributed by atoms with Crippen molar-refractivity contribution in [3.05, 3.63) is 35.2 Å². The van der Waals surface area contributed by atoms with Gasteiger partial charge in [0.1, 0.15) is 0 Å². The molecule has 1 aromatic heterocycles. The van der Waals surface area contributed by atoms with Gasteiger partial charge in [-0.2, -0.15) is 0 Å². The van der Waals surface area contributed by atoms with Gasteiger partial charge in [-0.05, 0) is 48.1 Å². The standard InChI is InChI=1S/C15H18ClNS/c16-12-5-7-13(8-6-12)17-9-11-10-18-15-4-2-1-3-14(11)15/h1-4,10,12-13,17H,5-9H2. The van der Waals surface area contributed by atoms with Gasteiger partial charge >= 0.3 is 0 Å². The molecule has 0 bridgehead atoms. The van der Waals surface area contributed by atoms with Gasteiger partial charge < -0.3 is 5.32 Å². The van der Waals surface area contributed by atoms with Crippen LogP contribution in [-0.2, 0) is 6.54 Å². The second kappa shape index (κ2) is 5.60. The molecule has 0 aliphatic heterocycles. The smallest absolute Gasteiger partial charge is 0.0346 e. The zero-order valence-corrected chi connectivity index (χ0v) is 11.9. The summed E-state index contributed by atoms with van der Waals surface area (Å²) in [7, 11) is 0. The van der Waals surface area contributed by atoms with E-state index in [0.29, 0.717) is 11.4 Å². The van der Waals surface area contributed by atoms with Crippen LogP contribution in [0.3, 0.4) is 0 Å². The predicted molar refractivity (Wildman–Crippen MR) is 80.6 cm³/mol. The molecule has 3 heteroatoms. The van der Waals surface area contributed by atoms with Crippen LogP contribution >= 0.6 is 22.9 Å². The molecule has 0 spiro atoms. The van der Waals surface area contributed by atoms with Gasteiger partial charge in [0.15, 0.2) is 0 Å². The van der Waals surface area contributed by atoms with Gasteiger partial charge in [-0.25, -0.2) is 0 Å². The summed E-state index contributed by atoms with van der Waals surface area (Å²) in [5.74, 6) is 0. The highest BCUT2D eigenvalue weighted by Crippen LogP contribution is 2.27. The topological polar surface area (TPSA) is 12.0 Å². The van der Waals surface area contributed by atoms with E-state index in [0.717, 1.165) is 19.4 Å². The van der Waals surface area contributed by atoms with Gasteiger partial charge in [0.25, 0.3) is 0 Å². The minimum Gasteiger partial charge on any atom is -0.310 e. The quantitative estimate of drug-likeness (QED) is 0.814. The number of thiophene rings is 1. The molecule has 1 saturated carbocycles. The number of hydrogen-bond acceptors (Lipinski definition) is 2. The van der Waals surface area contributed by atoms with Crippen molar-refractivity contribution in [2.75, 3.05) is 0 Å². The van der Waals surface area contributed by atoms with Crippen LogP contribution in [0.1, 0.15) is 31.2 Å². The predicted octanol–water partition coefficient (Wildman–Crippen LogP) is 4.54. The van der Waals surface area contributed by atoms with Crippen molar-refractivity contribution in [3.8, 4) is 0 Å². The van der Waals surface area contributed by atoms with Crippen molar-refractivity contribution in [2.24, 2.45) is 0 Å². The van der Waals surface area contributed by atoms with Crippen LogP contribution in [0.4, 0.5) is 0 Å². The molecular weight excluding hydrogens is 262 g/mol. The van der Waals surface area contributed by atoms with Crippen LogP contribution in [-0.4, -0.2) is 11.4 Å². The summed E-state index contributed by atoms with van der Waals surface area (Å²) in [6.07, 6.45) is 4.75. The lowest BCUT2D eigenvalue weighted by atomic mass is 9.95. The third kappa shape index (κ3) is 2.71. The summed E-state index contributed by atoms with van der Waals surface area (Å²) >= 11 is 7.97. The fraction of sp³-hybridized carbons (Fsp3) is 0.467. The number of benzene rings is 1. The van der Waals surface area contributed by atoms with E-state index in [9.17, 15) is 0 Å². The molecule has 0 atom stereocenters. The molecule has 0 unspecified atom stereocenters. The van der Waals surface area contributed by atoms with Gasteiger partial charge in [0, 0.05) is 22.7 Å². The molecule has 96 valence electrons. The molecule has 0 saturated heterocycles. The van der Waals surface area contributed by atoms with Gasteiger partial charge in [-0.15, -0.1) is 22.9 Å². The number of nitrogens with one attached hydrogen (secondary N) is 1. The zero-order chi connectivity index (χ0) is 12.4. The molecule has 1 nitrogen and oxygen atoms in total. The van der Waals surface area contributed by atoms with Crippen molar-refractivity contribution >= 4 is 33.0 Å². The van der Waals surface area contributed by atoms with Crippen molar-refractivity contribution in [1.29, 1.82) is 0 Å². The molecular formula is C15H18ClNS. The average Bonchev–Trinajstić information content (AvgIpc) is 2.82. The first-order chi connectivity index (χ1) is 8.83. The summed E-state index contributed by atoms with van der Waals surface area (Å²) in [6.45, 7) is 0.988. The lowest BCUT2D eigenvalue weighted by molar-refractivity contribution is 0.376. The largest absolute Gasteiger partial charge is 0.310 e. The lowest BCUT2D eigenvalue weighted by Gasteiger charge is -2.25. The number of halogens is 1. The van der Waals surface area contributed by atoms with Crippen molar-refractivity contribution in [2.45, 2.75) is 43.6 Å². The molecule has 1 aromatic carbocycles. The Morgan fingerprint density at radius 2 is 1.94 bits per heavy atom. The highest BCUT2D eigenvalue weighted by molar-refractivity contribution is 7.17. The van der Waals surface area contributed by atoms with Crippen LogP contribution in [0.15, 0.2) is 29.6 Å². The lowest BCUT2D eigenvalue weighted by Crippen LogP contribution is -2.32. The summed E-state index contributed by atoms with van der Waals surface area (Å²) in [5.41, 5.74) is 1.43. The Bertz CT molecular complexity index is 514. The van der Waals surface area contributed by atoms with Gasteiger partial charge in [0.05, 0.1) is 0 Å².